The van der Waals surface area contributed by atoms with Crippen LogP contribution >= 0.6 is 0 Å². The van der Waals surface area contributed by atoms with E-state index in [1.807, 2.05) is 54.7 Å². The van der Waals surface area contributed by atoms with E-state index in [0.717, 1.165) is 109 Å². The molecule has 1 saturated heterocycles. The summed E-state index contributed by atoms with van der Waals surface area (Å²) in [5, 5.41) is 56.9. The molecular weight excluding hydrogens is 967 g/mol. The molecule has 0 saturated carbocycles. The molecule has 1 heterocycles. The van der Waals surface area contributed by atoms with Gasteiger partial charge in [-0.15, -0.1) is 0 Å². The summed E-state index contributed by atoms with van der Waals surface area (Å²) in [6.45, 7) is 5.56. The molecular formula is C66H109NO10. The van der Waals surface area contributed by atoms with Crippen LogP contribution in [0.3, 0.4) is 0 Å². The molecule has 6 N–H and O–H groups in total. The highest BCUT2D eigenvalue weighted by atomic mass is 16.7. The zero-order chi connectivity index (χ0) is 56.1. The van der Waals surface area contributed by atoms with Crippen LogP contribution < -0.4 is 5.32 Å². The van der Waals surface area contributed by atoms with Gasteiger partial charge in [0, 0.05) is 6.42 Å². The molecule has 1 aliphatic rings. The summed E-state index contributed by atoms with van der Waals surface area (Å²) in [5.41, 5.74) is 0. The Hall–Kier alpha value is -3.94. The summed E-state index contributed by atoms with van der Waals surface area (Å²) < 4.78 is 17.5. The molecule has 1 rings (SSSR count). The number of amides is 1. The van der Waals surface area contributed by atoms with Crippen LogP contribution in [0.5, 0.6) is 0 Å². The van der Waals surface area contributed by atoms with Crippen LogP contribution in [0.4, 0.5) is 0 Å². The van der Waals surface area contributed by atoms with Crippen molar-refractivity contribution in [2.24, 2.45) is 0 Å². The van der Waals surface area contributed by atoms with Gasteiger partial charge in [-0.1, -0.05) is 245 Å². The largest absolute Gasteiger partial charge is 0.454 e. The first-order valence-electron chi connectivity index (χ1n) is 30.4. The summed E-state index contributed by atoms with van der Waals surface area (Å²) >= 11 is 0. The highest BCUT2D eigenvalue weighted by Gasteiger charge is 2.47. The van der Waals surface area contributed by atoms with Gasteiger partial charge in [0.05, 0.1) is 25.4 Å². The molecule has 0 aromatic rings. The van der Waals surface area contributed by atoms with Crippen molar-refractivity contribution in [1.29, 1.82) is 0 Å². The number of carbonyl (C=O) groups excluding carboxylic acids is 2. The Balaban J connectivity index is 2.71. The first-order chi connectivity index (χ1) is 37.7. The van der Waals surface area contributed by atoms with Crippen LogP contribution in [0, 0.1) is 0 Å². The lowest BCUT2D eigenvalue weighted by molar-refractivity contribution is -0.305. The third kappa shape index (κ3) is 40.8. The molecule has 0 aliphatic carbocycles. The van der Waals surface area contributed by atoms with Crippen molar-refractivity contribution in [2.75, 3.05) is 13.2 Å². The van der Waals surface area contributed by atoms with Crippen LogP contribution in [0.2, 0.25) is 0 Å². The Morgan fingerprint density at radius 1 is 0.532 bits per heavy atom. The smallest absolute Gasteiger partial charge is 0.306 e. The normalized spacial score (nSPS) is 19.9. The monoisotopic (exact) mass is 1080 g/mol. The molecule has 438 valence electrons. The third-order valence-corrected chi connectivity index (χ3v) is 13.5. The molecule has 0 radical (unpaired) electrons. The van der Waals surface area contributed by atoms with Crippen molar-refractivity contribution in [3.8, 4) is 0 Å². The van der Waals surface area contributed by atoms with Gasteiger partial charge in [0.15, 0.2) is 12.4 Å². The Bertz CT molecular complexity index is 1710. The maximum Gasteiger partial charge on any atom is 0.306 e. The summed E-state index contributed by atoms with van der Waals surface area (Å²) in [6.07, 6.45) is 62.3. The van der Waals surface area contributed by atoms with Crippen LogP contribution in [0.25, 0.3) is 0 Å². The van der Waals surface area contributed by atoms with Crippen molar-refractivity contribution in [3.63, 3.8) is 0 Å². The van der Waals surface area contributed by atoms with Crippen LogP contribution in [-0.2, 0) is 23.8 Å². The summed E-state index contributed by atoms with van der Waals surface area (Å²) in [6, 6.07) is -1.05. The van der Waals surface area contributed by atoms with E-state index in [9.17, 15) is 35.1 Å². The first kappa shape index (κ1) is 71.1. The number of nitrogens with one attached hydrogen (secondary N) is 1. The molecule has 1 fully saturated rings. The Morgan fingerprint density at radius 3 is 1.55 bits per heavy atom. The van der Waals surface area contributed by atoms with E-state index in [-0.39, 0.29) is 19.4 Å². The van der Waals surface area contributed by atoms with Gasteiger partial charge in [-0.25, -0.2) is 0 Å². The summed E-state index contributed by atoms with van der Waals surface area (Å²) in [5.74, 6) is -1.26. The number of esters is 1. The molecule has 0 bridgehead atoms. The highest BCUT2D eigenvalue weighted by molar-refractivity contribution is 5.80. The number of hydrogen-bond acceptors (Lipinski definition) is 10. The number of unbranched alkanes of at least 4 members (excludes halogenated alkanes) is 21. The number of aliphatic hydroxyl groups excluding tert-OH is 5. The molecule has 8 atom stereocenters. The lowest BCUT2D eigenvalue weighted by Crippen LogP contribution is -2.61. The predicted octanol–water partition coefficient (Wildman–Crippen LogP) is 14.3. The van der Waals surface area contributed by atoms with Gasteiger partial charge in [0.1, 0.15) is 24.4 Å². The van der Waals surface area contributed by atoms with Crippen molar-refractivity contribution in [1.82, 2.24) is 5.32 Å². The fraction of sp³-hybridized carbons (Fsp3) is 0.667. The van der Waals surface area contributed by atoms with Crippen molar-refractivity contribution in [2.45, 2.75) is 269 Å². The molecule has 0 aromatic heterocycles. The molecule has 1 aliphatic heterocycles. The molecule has 0 spiro atoms. The second-order valence-corrected chi connectivity index (χ2v) is 20.5. The molecule has 1 amide bonds. The molecule has 8 unspecified atom stereocenters. The number of ether oxygens (including phenoxy) is 3. The van der Waals surface area contributed by atoms with E-state index in [1.165, 1.54) is 64.2 Å². The van der Waals surface area contributed by atoms with Crippen LogP contribution in [-0.4, -0.2) is 99.6 Å². The zero-order valence-corrected chi connectivity index (χ0v) is 48.3. The van der Waals surface area contributed by atoms with Gasteiger partial charge in [-0.2, -0.15) is 0 Å². The Kier molecular flexibility index (Phi) is 48.7. The van der Waals surface area contributed by atoms with Gasteiger partial charge < -0.3 is 45.1 Å². The van der Waals surface area contributed by atoms with E-state index < -0.39 is 67.4 Å². The van der Waals surface area contributed by atoms with Crippen molar-refractivity contribution in [3.05, 3.63) is 122 Å². The minimum atomic E-state index is -1.64. The third-order valence-electron chi connectivity index (χ3n) is 13.5. The quantitative estimate of drug-likeness (QED) is 0.0149. The van der Waals surface area contributed by atoms with E-state index in [1.54, 1.807) is 6.08 Å². The number of carbonyl (C=O) groups is 2. The lowest BCUT2D eigenvalue weighted by Gasteiger charge is -2.41. The van der Waals surface area contributed by atoms with Crippen molar-refractivity contribution < 1.29 is 49.3 Å². The Morgan fingerprint density at radius 2 is 0.987 bits per heavy atom. The van der Waals surface area contributed by atoms with Gasteiger partial charge in [0.25, 0.3) is 0 Å². The van der Waals surface area contributed by atoms with E-state index >= 15 is 0 Å². The second kappa shape index (κ2) is 52.7. The number of hydrogen-bond donors (Lipinski definition) is 6. The van der Waals surface area contributed by atoms with Crippen LogP contribution in [0.15, 0.2) is 122 Å². The molecule has 0 aromatic carbocycles. The highest BCUT2D eigenvalue weighted by Crippen LogP contribution is 2.26. The molecule has 77 heavy (non-hydrogen) atoms. The zero-order valence-electron chi connectivity index (χ0n) is 48.3. The fourth-order valence-corrected chi connectivity index (χ4v) is 8.65. The SMILES string of the molecule is CC/C=C/C=C/C=C\C=C/C=C/CCCCCC(=O)OC1C(OCC(NC(=O)C(O)CCCCCCCC/C=C\C/C=C\C/C=C\C/C=C\CCCCC)C(O)/C=C/CCCCCCCCCCC)OC(CO)C(O)C1O. The number of rotatable bonds is 49. The number of aliphatic hydroxyl groups is 5. The predicted molar refractivity (Wildman–Crippen MR) is 319 cm³/mol. The van der Waals surface area contributed by atoms with Gasteiger partial charge in [-0.05, 0) is 89.9 Å². The maximum atomic E-state index is 13.4. The lowest BCUT2D eigenvalue weighted by atomic mass is 9.99. The fourth-order valence-electron chi connectivity index (χ4n) is 8.65. The summed E-state index contributed by atoms with van der Waals surface area (Å²) in [7, 11) is 0. The molecule has 11 heteroatoms. The number of allylic oxidation sites excluding steroid dienone is 19. The van der Waals surface area contributed by atoms with E-state index in [2.05, 4.69) is 86.8 Å². The average Bonchev–Trinajstić information content (AvgIpc) is 3.43. The topological polar surface area (TPSA) is 175 Å². The van der Waals surface area contributed by atoms with Gasteiger partial charge >= 0.3 is 5.97 Å². The van der Waals surface area contributed by atoms with Gasteiger partial charge in [0.2, 0.25) is 5.91 Å². The standard InChI is InChI=1S/C66H109NO10/c1-4-7-10-13-16-19-22-24-26-27-28-29-30-31-32-34-35-38-41-44-47-50-53-59(70)65(74)67-57(58(69)52-49-46-43-40-37-21-18-15-12-9-6-3)56-75-66-64(63(73)62(72)60(55-68)76-66)77-61(71)54-51-48-45-42-39-36-33-25-23-20-17-14-11-8-5-2/h8,11,14,16-17,19-20,23-26,28-29,31-33,36,39,49,52,57-60,62-64,66,68-70,72-73H,4-7,9-10,12-13,15,18,21-22,27,30,34-35,37-38,40-48,50-51,53-56H2,1-3H3,(H,67,74)/b11-8+,17-14+,19-16-,23-20-,26-24-,29-28-,32-31-,33-25-,39-36+,52-49+. The van der Waals surface area contributed by atoms with Crippen molar-refractivity contribution >= 4 is 11.9 Å². The van der Waals surface area contributed by atoms with E-state index in [4.69, 9.17) is 14.2 Å². The Labute approximate surface area is 468 Å². The minimum absolute atomic E-state index is 0.0661. The van der Waals surface area contributed by atoms with E-state index in [0.29, 0.717) is 12.8 Å². The maximum absolute atomic E-state index is 13.4. The first-order valence-corrected chi connectivity index (χ1v) is 30.4. The average molecular weight is 1080 g/mol. The van der Waals surface area contributed by atoms with Crippen LogP contribution in [0.1, 0.15) is 220 Å². The summed E-state index contributed by atoms with van der Waals surface area (Å²) in [4.78, 5) is 26.5. The second-order valence-electron chi connectivity index (χ2n) is 20.5. The molecule has 11 nitrogen and oxygen atoms in total. The minimum Gasteiger partial charge on any atom is -0.454 e. The van der Waals surface area contributed by atoms with Gasteiger partial charge in [-0.3, -0.25) is 9.59 Å².